The largest absolute Gasteiger partial charge is 0.311 e. The van der Waals surface area contributed by atoms with Gasteiger partial charge in [-0.2, -0.15) is 0 Å². The van der Waals surface area contributed by atoms with Crippen molar-refractivity contribution < 1.29 is 0 Å². The van der Waals surface area contributed by atoms with Gasteiger partial charge in [-0.3, -0.25) is 0 Å². The molecule has 2 heterocycles. The molecule has 0 N–H and O–H groups in total. The van der Waals surface area contributed by atoms with Crippen molar-refractivity contribution in [2.75, 3.05) is 4.90 Å². The number of rotatable bonds is 7. The molecule has 14 rings (SSSR count). The van der Waals surface area contributed by atoms with Crippen LogP contribution in [-0.4, -0.2) is 4.57 Å². The highest BCUT2D eigenvalue weighted by atomic mass is 32.1. The topological polar surface area (TPSA) is 8.17 Å². The van der Waals surface area contributed by atoms with Crippen LogP contribution in [0.25, 0.3) is 113 Å². The maximum Gasteiger partial charge on any atom is 0.0541 e. The van der Waals surface area contributed by atoms with Crippen LogP contribution in [0.15, 0.2) is 255 Å². The number of aromatic nitrogens is 1. The zero-order valence-electron chi connectivity index (χ0n) is 37.6. The van der Waals surface area contributed by atoms with E-state index in [9.17, 15) is 0 Å². The number of fused-ring (bicyclic) bond motifs is 11. The van der Waals surface area contributed by atoms with E-state index in [1.807, 2.05) is 11.3 Å². The molecule has 0 aliphatic heterocycles. The third-order valence-electron chi connectivity index (χ3n) is 14.2. The Morgan fingerprint density at radius 1 is 0.275 bits per heavy atom. The van der Waals surface area contributed by atoms with Crippen molar-refractivity contribution in [2.24, 2.45) is 0 Å². The average molecular weight is 895 g/mol. The molecule has 3 heteroatoms. The molecule has 322 valence electrons. The molecule has 12 aromatic carbocycles. The molecule has 0 unspecified atom stereocenters. The standard InChI is InChI=1S/C66H42N2S/c1-3-15-55-45(11-1)23-24-48-25-26-50(42-62(48)55)44-29-36-52(37-30-44)67(53-38-31-47(32-39-53)57-19-10-20-60-61-40-33-46-12-2-4-16-56(46)66(61)69-65(57)60)51-34-27-43(28-35-51)49-13-9-14-54(41-49)68-63-21-7-5-17-58(63)59-18-6-8-22-64(59)68/h1-42H. The molecule has 0 fully saturated rings. The van der Waals surface area contributed by atoms with Gasteiger partial charge in [0.25, 0.3) is 0 Å². The summed E-state index contributed by atoms with van der Waals surface area (Å²) in [5, 5.41) is 12.8. The van der Waals surface area contributed by atoms with E-state index in [1.54, 1.807) is 0 Å². The van der Waals surface area contributed by atoms with Crippen LogP contribution in [-0.2, 0) is 0 Å². The predicted octanol–water partition coefficient (Wildman–Crippen LogP) is 19.1. The molecule has 69 heavy (non-hydrogen) atoms. The highest BCUT2D eigenvalue weighted by Gasteiger charge is 2.18. The van der Waals surface area contributed by atoms with Crippen LogP contribution in [0.5, 0.6) is 0 Å². The Labute approximate surface area is 403 Å². The first kappa shape index (κ1) is 39.4. The molecule has 0 aliphatic carbocycles. The van der Waals surface area contributed by atoms with Crippen molar-refractivity contribution in [2.45, 2.75) is 0 Å². The summed E-state index contributed by atoms with van der Waals surface area (Å²) in [4.78, 5) is 2.38. The zero-order valence-corrected chi connectivity index (χ0v) is 38.4. The van der Waals surface area contributed by atoms with Gasteiger partial charge in [-0.25, -0.2) is 0 Å². The third kappa shape index (κ3) is 6.54. The minimum Gasteiger partial charge on any atom is -0.311 e. The summed E-state index contributed by atoms with van der Waals surface area (Å²) in [7, 11) is 0. The van der Waals surface area contributed by atoms with Gasteiger partial charge in [-0.1, -0.05) is 188 Å². The van der Waals surface area contributed by atoms with E-state index in [1.165, 1.54) is 108 Å². The minimum absolute atomic E-state index is 1.09. The fourth-order valence-corrected chi connectivity index (χ4v) is 12.2. The molecule has 14 aromatic rings. The van der Waals surface area contributed by atoms with Crippen LogP contribution in [0.4, 0.5) is 17.1 Å². The van der Waals surface area contributed by atoms with Crippen molar-refractivity contribution in [3.8, 4) is 39.1 Å². The molecule has 0 radical (unpaired) electrons. The van der Waals surface area contributed by atoms with Gasteiger partial charge in [-0.15, -0.1) is 11.3 Å². The monoisotopic (exact) mass is 894 g/mol. The molecule has 0 saturated carbocycles. The lowest BCUT2D eigenvalue weighted by atomic mass is 9.97. The van der Waals surface area contributed by atoms with E-state index in [4.69, 9.17) is 0 Å². The summed E-state index contributed by atoms with van der Waals surface area (Å²) >= 11 is 1.91. The van der Waals surface area contributed by atoms with Crippen molar-refractivity contribution >= 4 is 103 Å². The second kappa shape index (κ2) is 16.0. The number of hydrogen-bond acceptors (Lipinski definition) is 2. The highest BCUT2D eigenvalue weighted by Crippen LogP contribution is 2.44. The number of para-hydroxylation sites is 2. The van der Waals surface area contributed by atoms with Gasteiger partial charge in [0.1, 0.15) is 0 Å². The molecule has 0 bridgehead atoms. The van der Waals surface area contributed by atoms with Crippen molar-refractivity contribution in [3.05, 3.63) is 255 Å². The van der Waals surface area contributed by atoms with Gasteiger partial charge in [0, 0.05) is 53.7 Å². The number of benzene rings is 12. The fourth-order valence-electron chi connectivity index (χ4n) is 10.8. The average Bonchev–Trinajstić information content (AvgIpc) is 3.98. The second-order valence-electron chi connectivity index (χ2n) is 18.1. The van der Waals surface area contributed by atoms with Crippen molar-refractivity contribution in [3.63, 3.8) is 0 Å². The van der Waals surface area contributed by atoms with E-state index in [0.717, 1.165) is 22.7 Å². The lowest BCUT2D eigenvalue weighted by Gasteiger charge is -2.26. The normalized spacial score (nSPS) is 11.8. The summed E-state index contributed by atoms with van der Waals surface area (Å²) < 4.78 is 5.06. The van der Waals surface area contributed by atoms with Gasteiger partial charge in [0.2, 0.25) is 0 Å². The Bertz CT molecular complexity index is 4240. The van der Waals surface area contributed by atoms with E-state index in [0.29, 0.717) is 0 Å². The molecule has 2 aromatic heterocycles. The maximum atomic E-state index is 2.39. The summed E-state index contributed by atoms with van der Waals surface area (Å²) in [6.07, 6.45) is 0. The smallest absolute Gasteiger partial charge is 0.0541 e. The third-order valence-corrected chi connectivity index (χ3v) is 15.5. The SMILES string of the molecule is c1cc(-c2ccc(N(c3ccc(-c4ccc5ccc6ccccc6c5c4)cc3)c3ccc(-c4cccc5c4sc4c6ccccc6ccc54)cc3)cc2)cc(-n2c3ccccc3c3ccccc32)c1. The number of anilines is 3. The molecule has 0 amide bonds. The maximum absolute atomic E-state index is 2.39. The summed E-state index contributed by atoms with van der Waals surface area (Å²) in [6, 6.07) is 93.6. The summed E-state index contributed by atoms with van der Waals surface area (Å²) in [6.45, 7) is 0. The van der Waals surface area contributed by atoms with Crippen LogP contribution in [0.1, 0.15) is 0 Å². The molecule has 2 nitrogen and oxygen atoms in total. The van der Waals surface area contributed by atoms with E-state index in [-0.39, 0.29) is 0 Å². The van der Waals surface area contributed by atoms with E-state index < -0.39 is 0 Å². The van der Waals surface area contributed by atoms with Crippen LogP contribution in [0.2, 0.25) is 0 Å². The minimum atomic E-state index is 1.09. The van der Waals surface area contributed by atoms with Gasteiger partial charge < -0.3 is 9.47 Å². The molecule has 0 spiro atoms. The zero-order chi connectivity index (χ0) is 45.4. The van der Waals surface area contributed by atoms with E-state index in [2.05, 4.69) is 264 Å². The second-order valence-corrected chi connectivity index (χ2v) is 19.1. The van der Waals surface area contributed by atoms with Crippen molar-refractivity contribution in [1.82, 2.24) is 4.57 Å². The quantitative estimate of drug-likeness (QED) is 0.145. The van der Waals surface area contributed by atoms with Crippen LogP contribution < -0.4 is 4.90 Å². The molecule has 0 saturated heterocycles. The van der Waals surface area contributed by atoms with Gasteiger partial charge >= 0.3 is 0 Å². The Balaban J connectivity index is 0.852. The highest BCUT2D eigenvalue weighted by molar-refractivity contribution is 7.27. The molecular formula is C66H42N2S. The van der Waals surface area contributed by atoms with Gasteiger partial charge in [-0.05, 0) is 132 Å². The first-order valence-corrected chi connectivity index (χ1v) is 24.5. The summed E-state index contributed by atoms with van der Waals surface area (Å²) in [5.41, 5.74) is 14.1. The number of hydrogen-bond donors (Lipinski definition) is 0. The van der Waals surface area contributed by atoms with Crippen molar-refractivity contribution in [1.29, 1.82) is 0 Å². The molecular weight excluding hydrogens is 853 g/mol. The van der Waals surface area contributed by atoms with Crippen LogP contribution in [0.3, 0.4) is 0 Å². The molecule has 0 aliphatic rings. The lowest BCUT2D eigenvalue weighted by molar-refractivity contribution is 1.18. The first-order chi connectivity index (χ1) is 34.2. The molecule has 0 atom stereocenters. The Kier molecular flexibility index (Phi) is 9.11. The Morgan fingerprint density at radius 3 is 1.41 bits per heavy atom. The first-order valence-electron chi connectivity index (χ1n) is 23.6. The number of nitrogens with zero attached hydrogens (tertiary/aromatic N) is 2. The van der Waals surface area contributed by atoms with Crippen LogP contribution in [0, 0.1) is 0 Å². The number of thiophene rings is 1. The van der Waals surface area contributed by atoms with E-state index >= 15 is 0 Å². The van der Waals surface area contributed by atoms with Gasteiger partial charge in [0.15, 0.2) is 0 Å². The fraction of sp³-hybridized carbons (Fsp3) is 0. The Hall–Kier alpha value is -8.76. The van der Waals surface area contributed by atoms with Gasteiger partial charge in [0.05, 0.1) is 11.0 Å². The predicted molar refractivity (Wildman–Crippen MR) is 297 cm³/mol. The van der Waals surface area contributed by atoms with Crippen LogP contribution >= 0.6 is 11.3 Å². The Morgan fingerprint density at radius 2 is 0.739 bits per heavy atom. The summed E-state index contributed by atoms with van der Waals surface area (Å²) in [5.74, 6) is 0. The lowest BCUT2D eigenvalue weighted by Crippen LogP contribution is -2.09.